The monoisotopic (exact) mass is 410 g/mol. The summed E-state index contributed by atoms with van der Waals surface area (Å²) in [5, 5.41) is 1.46. The van der Waals surface area contributed by atoms with Gasteiger partial charge in [-0.05, 0) is 36.4 Å². The van der Waals surface area contributed by atoms with Crippen LogP contribution in [-0.2, 0) is 5.75 Å². The molecular weight excluding hydrogens is 392 g/mol. The van der Waals surface area contributed by atoms with Crippen LogP contribution in [0, 0.1) is 0 Å². The van der Waals surface area contributed by atoms with Gasteiger partial charge in [-0.25, -0.2) is 9.97 Å². The van der Waals surface area contributed by atoms with Crippen molar-refractivity contribution in [1.82, 2.24) is 19.1 Å². The zero-order chi connectivity index (χ0) is 20.3. The first-order valence-corrected chi connectivity index (χ1v) is 10.6. The second kappa shape index (κ2) is 8.00. The summed E-state index contributed by atoms with van der Waals surface area (Å²) in [6, 6.07) is 27.2. The van der Waals surface area contributed by atoms with Crippen LogP contribution in [0.4, 0.5) is 0 Å². The van der Waals surface area contributed by atoms with Crippen molar-refractivity contribution in [3.8, 4) is 11.4 Å². The third kappa shape index (κ3) is 3.42. The van der Waals surface area contributed by atoms with Crippen LogP contribution in [0.5, 0.6) is 0 Å². The molecule has 5 nitrogen and oxygen atoms in total. The number of thioether (sulfide) groups is 1. The summed E-state index contributed by atoms with van der Waals surface area (Å²) in [5.74, 6) is 1.20. The fraction of sp³-hybridized carbons (Fsp3) is 0.0417. The molecule has 0 amide bonds. The minimum atomic E-state index is -0.0613. The molecule has 5 aromatic rings. The third-order valence-electron chi connectivity index (χ3n) is 4.83. The quantitative estimate of drug-likeness (QED) is 0.388. The van der Waals surface area contributed by atoms with E-state index in [4.69, 9.17) is 4.98 Å². The molecule has 146 valence electrons. The molecule has 0 spiro atoms. The van der Waals surface area contributed by atoms with Crippen molar-refractivity contribution in [2.75, 3.05) is 0 Å². The van der Waals surface area contributed by atoms with E-state index in [0.717, 1.165) is 16.5 Å². The van der Waals surface area contributed by atoms with Crippen LogP contribution in [0.15, 0.2) is 107 Å². The maximum Gasteiger partial charge on any atom is 0.265 e. The van der Waals surface area contributed by atoms with E-state index in [2.05, 4.69) is 4.98 Å². The molecule has 0 unspecified atom stereocenters. The van der Waals surface area contributed by atoms with Gasteiger partial charge in [0.25, 0.3) is 5.56 Å². The molecule has 0 fully saturated rings. The molecule has 0 radical (unpaired) electrons. The highest BCUT2D eigenvalue weighted by atomic mass is 32.2. The van der Waals surface area contributed by atoms with E-state index >= 15 is 0 Å². The van der Waals surface area contributed by atoms with Crippen molar-refractivity contribution >= 4 is 22.7 Å². The summed E-state index contributed by atoms with van der Waals surface area (Å²) < 4.78 is 3.74. The number of hydrogen-bond donors (Lipinski definition) is 0. The average Bonchev–Trinajstić information content (AvgIpc) is 3.28. The Hall–Kier alpha value is -3.64. The molecule has 3 aromatic carbocycles. The van der Waals surface area contributed by atoms with Crippen LogP contribution < -0.4 is 5.56 Å². The number of aromatic nitrogens is 4. The van der Waals surface area contributed by atoms with Gasteiger partial charge in [-0.2, -0.15) is 0 Å². The Kier molecular flexibility index (Phi) is 4.91. The van der Waals surface area contributed by atoms with Crippen molar-refractivity contribution in [2.24, 2.45) is 0 Å². The van der Waals surface area contributed by atoms with Crippen molar-refractivity contribution in [3.05, 3.63) is 114 Å². The zero-order valence-corrected chi connectivity index (χ0v) is 16.9. The highest BCUT2D eigenvalue weighted by molar-refractivity contribution is 7.98. The van der Waals surface area contributed by atoms with Gasteiger partial charge in [-0.15, -0.1) is 0 Å². The largest absolute Gasteiger partial charge is 0.295 e. The van der Waals surface area contributed by atoms with Gasteiger partial charge >= 0.3 is 0 Å². The van der Waals surface area contributed by atoms with Crippen molar-refractivity contribution in [3.63, 3.8) is 0 Å². The van der Waals surface area contributed by atoms with E-state index < -0.39 is 0 Å². The van der Waals surface area contributed by atoms with Crippen LogP contribution >= 0.6 is 11.8 Å². The zero-order valence-electron chi connectivity index (χ0n) is 16.1. The molecule has 0 aliphatic carbocycles. The molecule has 0 saturated carbocycles. The fourth-order valence-electron chi connectivity index (χ4n) is 3.43. The maximum atomic E-state index is 13.3. The molecular formula is C24H18N4OS. The molecule has 0 bridgehead atoms. The van der Waals surface area contributed by atoms with E-state index in [-0.39, 0.29) is 5.56 Å². The van der Waals surface area contributed by atoms with E-state index in [1.807, 2.05) is 95.7 Å². The average molecular weight is 411 g/mol. The van der Waals surface area contributed by atoms with Gasteiger partial charge in [0.15, 0.2) is 5.16 Å². The lowest BCUT2D eigenvalue weighted by atomic mass is 10.2. The first kappa shape index (κ1) is 18.4. The van der Waals surface area contributed by atoms with Crippen molar-refractivity contribution < 1.29 is 0 Å². The molecule has 6 heteroatoms. The first-order valence-electron chi connectivity index (χ1n) is 9.59. The van der Waals surface area contributed by atoms with Gasteiger partial charge in [0.1, 0.15) is 5.82 Å². The fourth-order valence-corrected chi connectivity index (χ4v) is 4.32. The van der Waals surface area contributed by atoms with Crippen molar-refractivity contribution in [1.29, 1.82) is 0 Å². The van der Waals surface area contributed by atoms with E-state index in [1.165, 1.54) is 0 Å². The SMILES string of the molecule is O=c1c2ccccc2nc(CSc2nccn2-c2ccccc2)n1-c1ccccc1. The number of nitrogens with zero attached hydrogens (tertiary/aromatic N) is 4. The molecule has 0 N–H and O–H groups in total. The van der Waals surface area contributed by atoms with Crippen LogP contribution in [-0.4, -0.2) is 19.1 Å². The van der Waals surface area contributed by atoms with Crippen molar-refractivity contribution in [2.45, 2.75) is 10.9 Å². The number of imidazole rings is 1. The van der Waals surface area contributed by atoms with E-state index in [9.17, 15) is 4.79 Å². The lowest BCUT2D eigenvalue weighted by Gasteiger charge is -2.14. The Labute approximate surface area is 177 Å². The van der Waals surface area contributed by atoms with Gasteiger partial charge in [0, 0.05) is 18.1 Å². The molecule has 2 aromatic heterocycles. The Morgan fingerprint density at radius 1 is 0.800 bits per heavy atom. The molecule has 0 saturated heterocycles. The van der Waals surface area contributed by atoms with Gasteiger partial charge in [0.2, 0.25) is 0 Å². The molecule has 0 atom stereocenters. The predicted octanol–water partition coefficient (Wildman–Crippen LogP) is 4.86. The number of fused-ring (bicyclic) bond motifs is 1. The van der Waals surface area contributed by atoms with Crippen LogP contribution in [0.25, 0.3) is 22.3 Å². The molecule has 30 heavy (non-hydrogen) atoms. The summed E-state index contributed by atoms with van der Waals surface area (Å²) in [7, 11) is 0. The summed E-state index contributed by atoms with van der Waals surface area (Å²) in [4.78, 5) is 22.6. The number of rotatable bonds is 5. The molecule has 0 aliphatic rings. The summed E-state index contributed by atoms with van der Waals surface area (Å²) in [5.41, 5.74) is 2.50. The Bertz CT molecular complexity index is 1360. The van der Waals surface area contributed by atoms with Gasteiger partial charge in [0.05, 0.1) is 22.3 Å². The number of hydrogen-bond acceptors (Lipinski definition) is 4. The van der Waals surface area contributed by atoms with Crippen LogP contribution in [0.1, 0.15) is 5.82 Å². The van der Waals surface area contributed by atoms with Gasteiger partial charge in [-0.3, -0.25) is 13.9 Å². The normalized spacial score (nSPS) is 11.1. The van der Waals surface area contributed by atoms with E-state index in [0.29, 0.717) is 22.5 Å². The van der Waals surface area contributed by atoms with Gasteiger partial charge < -0.3 is 0 Å². The van der Waals surface area contributed by atoms with Gasteiger partial charge in [-0.1, -0.05) is 60.3 Å². The summed E-state index contributed by atoms with van der Waals surface area (Å²) >= 11 is 1.56. The Morgan fingerprint density at radius 2 is 1.47 bits per heavy atom. The minimum absolute atomic E-state index is 0.0613. The smallest absolute Gasteiger partial charge is 0.265 e. The molecule has 2 heterocycles. The van der Waals surface area contributed by atoms with Crippen LogP contribution in [0.3, 0.4) is 0 Å². The lowest BCUT2D eigenvalue weighted by molar-refractivity contribution is 0.868. The number of para-hydroxylation sites is 3. The molecule has 0 aliphatic heterocycles. The maximum absolute atomic E-state index is 13.3. The topological polar surface area (TPSA) is 52.7 Å². The first-order chi connectivity index (χ1) is 14.8. The predicted molar refractivity (Wildman–Crippen MR) is 120 cm³/mol. The summed E-state index contributed by atoms with van der Waals surface area (Å²) in [6.07, 6.45) is 3.73. The number of benzene rings is 3. The standard InChI is InChI=1S/C24H18N4OS/c29-23-20-13-7-8-14-21(20)26-22(28(23)19-11-5-2-6-12-19)17-30-24-25-15-16-27(24)18-9-3-1-4-10-18/h1-16H,17H2. The van der Waals surface area contributed by atoms with Crippen LogP contribution in [0.2, 0.25) is 0 Å². The summed E-state index contributed by atoms with van der Waals surface area (Å²) in [6.45, 7) is 0. The minimum Gasteiger partial charge on any atom is -0.295 e. The second-order valence-electron chi connectivity index (χ2n) is 6.73. The Balaban J connectivity index is 1.57. The molecule has 5 rings (SSSR count). The highest BCUT2D eigenvalue weighted by Crippen LogP contribution is 2.25. The second-order valence-corrected chi connectivity index (χ2v) is 7.67. The lowest BCUT2D eigenvalue weighted by Crippen LogP contribution is -2.23. The Morgan fingerprint density at radius 3 is 2.23 bits per heavy atom. The van der Waals surface area contributed by atoms with E-state index in [1.54, 1.807) is 22.5 Å². The highest BCUT2D eigenvalue weighted by Gasteiger charge is 2.14. The third-order valence-corrected chi connectivity index (χ3v) is 5.79.